The minimum absolute atomic E-state index is 0.235. The maximum Gasteiger partial charge on any atom is 0.270 e. The van der Waals surface area contributed by atoms with Gasteiger partial charge >= 0.3 is 0 Å². The highest BCUT2D eigenvalue weighted by atomic mass is 32.1. The summed E-state index contributed by atoms with van der Waals surface area (Å²) in [4.78, 5) is 40.2. The molecule has 0 saturated carbocycles. The molecule has 0 aromatic carbocycles. The number of nitrogens with zero attached hydrogens (tertiary/aromatic N) is 4. The number of aromatic nitrogens is 4. The lowest BCUT2D eigenvalue weighted by Gasteiger charge is -2.05. The van der Waals surface area contributed by atoms with Crippen LogP contribution in [0.15, 0.2) is 48.5 Å². The normalized spacial score (nSPS) is 10.2. The quantitative estimate of drug-likeness (QED) is 0.643. The maximum absolute atomic E-state index is 12.1. The van der Waals surface area contributed by atoms with E-state index in [-0.39, 0.29) is 11.8 Å². The van der Waals surface area contributed by atoms with Crippen molar-refractivity contribution in [3.05, 3.63) is 59.8 Å². The summed E-state index contributed by atoms with van der Waals surface area (Å²) < 4.78 is 0. The minimum Gasteiger partial charge on any atom is -0.350 e. The molecule has 3 aromatic rings. The van der Waals surface area contributed by atoms with Crippen molar-refractivity contribution >= 4 is 23.2 Å². The van der Waals surface area contributed by atoms with Crippen molar-refractivity contribution in [2.75, 3.05) is 13.1 Å². The fourth-order valence-electron chi connectivity index (χ4n) is 1.95. The van der Waals surface area contributed by atoms with E-state index in [1.165, 1.54) is 17.5 Å². The summed E-state index contributed by atoms with van der Waals surface area (Å²) in [5, 5.41) is 7.70. The molecule has 2 amide bonds. The Morgan fingerprint density at radius 2 is 1.80 bits per heavy atom. The zero-order chi connectivity index (χ0) is 17.5. The molecule has 0 unspecified atom stereocenters. The number of nitrogens with one attached hydrogen (secondary N) is 2. The molecule has 25 heavy (non-hydrogen) atoms. The van der Waals surface area contributed by atoms with Gasteiger partial charge in [0.25, 0.3) is 11.8 Å². The molecule has 0 fully saturated rings. The van der Waals surface area contributed by atoms with E-state index in [0.717, 1.165) is 0 Å². The predicted molar refractivity (Wildman–Crippen MR) is 92.0 cm³/mol. The fourth-order valence-corrected chi connectivity index (χ4v) is 2.71. The third-order valence-corrected chi connectivity index (χ3v) is 4.00. The van der Waals surface area contributed by atoms with Gasteiger partial charge in [0.1, 0.15) is 16.4 Å². The first-order valence-electron chi connectivity index (χ1n) is 7.42. The molecule has 9 heteroatoms. The van der Waals surface area contributed by atoms with Crippen molar-refractivity contribution in [3.63, 3.8) is 0 Å². The summed E-state index contributed by atoms with van der Waals surface area (Å²) in [6, 6.07) is 3.36. The third-order valence-electron chi connectivity index (χ3n) is 3.14. The molecule has 0 aliphatic carbocycles. The number of thiazole rings is 1. The second kappa shape index (κ2) is 8.06. The van der Waals surface area contributed by atoms with Gasteiger partial charge in [0.15, 0.2) is 0 Å². The van der Waals surface area contributed by atoms with E-state index in [1.54, 1.807) is 42.3 Å². The number of amides is 2. The summed E-state index contributed by atoms with van der Waals surface area (Å²) >= 11 is 1.32. The van der Waals surface area contributed by atoms with Crippen LogP contribution < -0.4 is 10.6 Å². The highest BCUT2D eigenvalue weighted by molar-refractivity contribution is 7.13. The van der Waals surface area contributed by atoms with Crippen LogP contribution in [0.1, 0.15) is 20.8 Å². The molecule has 3 heterocycles. The van der Waals surface area contributed by atoms with Crippen LogP contribution in [0.25, 0.3) is 10.7 Å². The van der Waals surface area contributed by atoms with Crippen LogP contribution >= 0.6 is 11.3 Å². The van der Waals surface area contributed by atoms with Crippen LogP contribution in [0.3, 0.4) is 0 Å². The summed E-state index contributed by atoms with van der Waals surface area (Å²) in [5.41, 5.74) is 1.40. The lowest BCUT2D eigenvalue weighted by atomic mass is 10.3. The van der Waals surface area contributed by atoms with Crippen LogP contribution in [0, 0.1) is 0 Å². The molecular weight excluding hydrogens is 340 g/mol. The van der Waals surface area contributed by atoms with Crippen LogP contribution in [-0.4, -0.2) is 44.8 Å². The molecule has 0 bridgehead atoms. The van der Waals surface area contributed by atoms with E-state index < -0.39 is 0 Å². The standard InChI is InChI=1S/C16H14N6O2S/c23-14(11-2-1-3-17-8-11)20-6-7-21-15(24)13-10-25-16(22-13)12-9-18-4-5-19-12/h1-5,8-10H,6-7H2,(H,20,23)(H,21,24). The first-order chi connectivity index (χ1) is 12.2. The van der Waals surface area contributed by atoms with Crippen molar-refractivity contribution in [1.29, 1.82) is 0 Å². The third kappa shape index (κ3) is 4.42. The highest BCUT2D eigenvalue weighted by Gasteiger charge is 2.12. The van der Waals surface area contributed by atoms with Gasteiger partial charge in [-0.05, 0) is 12.1 Å². The Labute approximate surface area is 147 Å². The van der Waals surface area contributed by atoms with Crippen molar-refractivity contribution in [2.24, 2.45) is 0 Å². The number of carbonyl (C=O) groups is 2. The largest absolute Gasteiger partial charge is 0.350 e. The summed E-state index contributed by atoms with van der Waals surface area (Å²) in [6.45, 7) is 0.601. The molecule has 0 radical (unpaired) electrons. The Kier molecular flexibility index (Phi) is 5.37. The fraction of sp³-hybridized carbons (Fsp3) is 0.125. The lowest BCUT2D eigenvalue weighted by molar-refractivity contribution is 0.0925. The van der Waals surface area contributed by atoms with E-state index in [4.69, 9.17) is 0 Å². The van der Waals surface area contributed by atoms with E-state index in [9.17, 15) is 9.59 Å². The maximum atomic E-state index is 12.1. The molecule has 3 aromatic heterocycles. The molecule has 0 spiro atoms. The highest BCUT2D eigenvalue weighted by Crippen LogP contribution is 2.20. The van der Waals surface area contributed by atoms with E-state index >= 15 is 0 Å². The Balaban J connectivity index is 1.47. The van der Waals surface area contributed by atoms with Crippen molar-refractivity contribution in [1.82, 2.24) is 30.6 Å². The topological polar surface area (TPSA) is 110 Å². The average molecular weight is 354 g/mol. The average Bonchev–Trinajstić information content (AvgIpc) is 3.16. The summed E-state index contributed by atoms with van der Waals surface area (Å²) in [6.07, 6.45) is 7.82. The van der Waals surface area contributed by atoms with Crippen molar-refractivity contribution < 1.29 is 9.59 Å². The van der Waals surface area contributed by atoms with Crippen molar-refractivity contribution in [2.45, 2.75) is 0 Å². The van der Waals surface area contributed by atoms with Gasteiger partial charge in [0, 0.05) is 43.3 Å². The van der Waals surface area contributed by atoms with Gasteiger partial charge in [-0.1, -0.05) is 0 Å². The molecule has 3 rings (SSSR count). The number of hydrogen-bond donors (Lipinski definition) is 2. The zero-order valence-electron chi connectivity index (χ0n) is 13.0. The molecule has 2 N–H and O–H groups in total. The Bertz CT molecular complexity index is 853. The summed E-state index contributed by atoms with van der Waals surface area (Å²) in [5.74, 6) is -0.539. The Hall–Kier alpha value is -3.20. The van der Waals surface area contributed by atoms with Crippen molar-refractivity contribution in [3.8, 4) is 10.7 Å². The van der Waals surface area contributed by atoms with Gasteiger partial charge in [-0.25, -0.2) is 4.98 Å². The number of rotatable bonds is 6. The second-order valence-electron chi connectivity index (χ2n) is 4.88. The van der Waals surface area contributed by atoms with Crippen LogP contribution in [0.5, 0.6) is 0 Å². The van der Waals surface area contributed by atoms with E-state index in [2.05, 4.69) is 30.6 Å². The monoisotopic (exact) mass is 354 g/mol. The predicted octanol–water partition coefficient (Wildman–Crippen LogP) is 1.15. The van der Waals surface area contributed by atoms with E-state index in [0.29, 0.717) is 35.0 Å². The van der Waals surface area contributed by atoms with Gasteiger partial charge < -0.3 is 10.6 Å². The van der Waals surface area contributed by atoms with Crippen LogP contribution in [0.2, 0.25) is 0 Å². The molecule has 0 atom stereocenters. The molecule has 0 saturated heterocycles. The molecule has 0 aliphatic heterocycles. The smallest absolute Gasteiger partial charge is 0.270 e. The zero-order valence-corrected chi connectivity index (χ0v) is 13.9. The van der Waals surface area contributed by atoms with E-state index in [1.807, 2.05) is 0 Å². The molecule has 126 valence electrons. The van der Waals surface area contributed by atoms with Crippen LogP contribution in [0.4, 0.5) is 0 Å². The first-order valence-corrected chi connectivity index (χ1v) is 8.30. The molecule has 8 nitrogen and oxygen atoms in total. The number of hydrogen-bond acceptors (Lipinski definition) is 7. The number of pyridine rings is 1. The number of carbonyl (C=O) groups excluding carboxylic acids is 2. The second-order valence-corrected chi connectivity index (χ2v) is 5.74. The van der Waals surface area contributed by atoms with Crippen LogP contribution in [-0.2, 0) is 0 Å². The molecular formula is C16H14N6O2S. The van der Waals surface area contributed by atoms with Gasteiger partial charge in [-0.2, -0.15) is 0 Å². The Morgan fingerprint density at radius 3 is 2.52 bits per heavy atom. The van der Waals surface area contributed by atoms with Gasteiger partial charge in [-0.3, -0.25) is 24.5 Å². The SMILES string of the molecule is O=C(NCCNC(=O)c1csc(-c2cnccn2)n1)c1cccnc1. The van der Waals surface area contributed by atoms with Gasteiger partial charge in [-0.15, -0.1) is 11.3 Å². The summed E-state index contributed by atoms with van der Waals surface area (Å²) in [7, 11) is 0. The molecule has 0 aliphatic rings. The lowest BCUT2D eigenvalue weighted by Crippen LogP contribution is -2.34. The first kappa shape index (κ1) is 16.7. The van der Waals surface area contributed by atoms with Gasteiger partial charge in [0.2, 0.25) is 0 Å². The Morgan fingerprint density at radius 1 is 1.00 bits per heavy atom. The van der Waals surface area contributed by atoms with Gasteiger partial charge in [0.05, 0.1) is 11.8 Å². The minimum atomic E-state index is -0.304.